The highest BCUT2D eigenvalue weighted by Crippen LogP contribution is 2.29. The van der Waals surface area contributed by atoms with Gasteiger partial charge in [0.25, 0.3) is 0 Å². The molecule has 5 nitrogen and oxygen atoms in total. The van der Waals surface area contributed by atoms with E-state index in [1.807, 2.05) is 11.0 Å². The highest BCUT2D eigenvalue weighted by molar-refractivity contribution is 7.12. The van der Waals surface area contributed by atoms with Crippen LogP contribution in [-0.4, -0.2) is 36.5 Å². The number of thiophene rings is 1. The molecule has 1 N–H and O–H groups in total. The quantitative estimate of drug-likeness (QED) is 0.768. The monoisotopic (exact) mass is 362 g/mol. The molecular formula is C18H19FN2O3S. The maximum absolute atomic E-state index is 13.4. The van der Waals surface area contributed by atoms with Gasteiger partial charge in [0.15, 0.2) is 0 Å². The first-order valence-corrected chi connectivity index (χ1v) is 8.89. The SMILES string of the molecule is COC(=O)c1sccc1NC(=O)CN(Cc1cccc(F)c1)C1CC1. The number of hydrogen-bond acceptors (Lipinski definition) is 5. The summed E-state index contributed by atoms with van der Waals surface area (Å²) in [5, 5.41) is 4.50. The third kappa shape index (κ3) is 4.64. The fourth-order valence-electron chi connectivity index (χ4n) is 2.66. The van der Waals surface area contributed by atoms with Gasteiger partial charge in [-0.3, -0.25) is 9.69 Å². The summed E-state index contributed by atoms with van der Waals surface area (Å²) in [6, 6.07) is 8.44. The summed E-state index contributed by atoms with van der Waals surface area (Å²) in [5.41, 5.74) is 1.30. The van der Waals surface area contributed by atoms with Gasteiger partial charge in [0.05, 0.1) is 19.3 Å². The van der Waals surface area contributed by atoms with Crippen LogP contribution >= 0.6 is 11.3 Å². The van der Waals surface area contributed by atoms with Crippen LogP contribution in [0.3, 0.4) is 0 Å². The smallest absolute Gasteiger partial charge is 0.350 e. The fraction of sp³-hybridized carbons (Fsp3) is 0.333. The Kier molecular flexibility index (Phi) is 5.45. The van der Waals surface area contributed by atoms with E-state index in [1.165, 1.54) is 30.6 Å². The summed E-state index contributed by atoms with van der Waals surface area (Å²) >= 11 is 1.22. The average Bonchev–Trinajstić information content (AvgIpc) is 3.33. The summed E-state index contributed by atoms with van der Waals surface area (Å²) < 4.78 is 18.1. The molecule has 2 aromatic rings. The lowest BCUT2D eigenvalue weighted by Crippen LogP contribution is -2.34. The van der Waals surface area contributed by atoms with Crippen molar-refractivity contribution in [1.82, 2.24) is 4.90 Å². The Morgan fingerprint density at radius 1 is 1.36 bits per heavy atom. The Morgan fingerprint density at radius 2 is 2.16 bits per heavy atom. The zero-order valence-corrected chi connectivity index (χ0v) is 14.6. The maximum Gasteiger partial charge on any atom is 0.350 e. The molecule has 1 aliphatic rings. The number of carbonyl (C=O) groups excluding carboxylic acids is 2. The van der Waals surface area contributed by atoms with Crippen molar-refractivity contribution >= 4 is 28.9 Å². The Bertz CT molecular complexity index is 773. The van der Waals surface area contributed by atoms with Gasteiger partial charge >= 0.3 is 5.97 Å². The van der Waals surface area contributed by atoms with Gasteiger partial charge in [-0.2, -0.15) is 0 Å². The molecule has 1 aromatic heterocycles. The summed E-state index contributed by atoms with van der Waals surface area (Å²) in [6.07, 6.45) is 2.07. The number of amides is 1. The van der Waals surface area contributed by atoms with E-state index in [4.69, 9.17) is 4.74 Å². The number of esters is 1. The van der Waals surface area contributed by atoms with E-state index >= 15 is 0 Å². The minimum atomic E-state index is -0.468. The number of benzene rings is 1. The molecule has 0 spiro atoms. The number of carbonyl (C=O) groups is 2. The molecule has 0 aliphatic heterocycles. The van der Waals surface area contributed by atoms with Gasteiger partial charge in [-0.05, 0) is 42.0 Å². The van der Waals surface area contributed by atoms with Crippen molar-refractivity contribution in [3.05, 3.63) is 52.0 Å². The zero-order chi connectivity index (χ0) is 17.8. The average molecular weight is 362 g/mol. The second-order valence-electron chi connectivity index (χ2n) is 5.97. The number of nitrogens with zero attached hydrogens (tertiary/aromatic N) is 1. The summed E-state index contributed by atoms with van der Waals surface area (Å²) in [6.45, 7) is 0.709. The van der Waals surface area contributed by atoms with Crippen LogP contribution in [-0.2, 0) is 16.1 Å². The largest absolute Gasteiger partial charge is 0.465 e. The van der Waals surface area contributed by atoms with Crippen molar-refractivity contribution in [2.24, 2.45) is 0 Å². The van der Waals surface area contributed by atoms with Crippen molar-refractivity contribution in [1.29, 1.82) is 0 Å². The van der Waals surface area contributed by atoms with Gasteiger partial charge in [-0.1, -0.05) is 12.1 Å². The highest BCUT2D eigenvalue weighted by Gasteiger charge is 2.30. The lowest BCUT2D eigenvalue weighted by molar-refractivity contribution is -0.117. The number of rotatable bonds is 7. The van der Waals surface area contributed by atoms with E-state index < -0.39 is 5.97 Å². The second-order valence-corrected chi connectivity index (χ2v) is 6.89. The molecule has 25 heavy (non-hydrogen) atoms. The Hall–Kier alpha value is -2.25. The number of methoxy groups -OCH3 is 1. The van der Waals surface area contributed by atoms with Crippen molar-refractivity contribution in [3.63, 3.8) is 0 Å². The maximum atomic E-state index is 13.4. The zero-order valence-electron chi connectivity index (χ0n) is 13.8. The van der Waals surface area contributed by atoms with Gasteiger partial charge in [-0.15, -0.1) is 11.3 Å². The molecule has 1 heterocycles. The first-order chi connectivity index (χ1) is 12.1. The molecule has 0 bridgehead atoms. The lowest BCUT2D eigenvalue weighted by Gasteiger charge is -2.21. The normalized spacial score (nSPS) is 13.7. The van der Waals surface area contributed by atoms with E-state index in [2.05, 4.69) is 5.32 Å². The molecule has 7 heteroatoms. The number of anilines is 1. The van der Waals surface area contributed by atoms with Crippen molar-refractivity contribution < 1.29 is 18.7 Å². The standard InChI is InChI=1S/C18H19FN2O3S/c1-24-18(23)17-15(7-8-25-17)20-16(22)11-21(14-5-6-14)10-12-3-2-4-13(19)9-12/h2-4,7-9,14H,5-6,10-11H2,1H3,(H,20,22). The third-order valence-corrected chi connectivity index (χ3v) is 4.89. The third-order valence-electron chi connectivity index (χ3n) is 3.99. The molecule has 1 aliphatic carbocycles. The molecule has 0 atom stereocenters. The lowest BCUT2D eigenvalue weighted by atomic mass is 10.2. The van der Waals surface area contributed by atoms with Crippen LogP contribution in [0.4, 0.5) is 10.1 Å². The van der Waals surface area contributed by atoms with Crippen LogP contribution < -0.4 is 5.32 Å². The van der Waals surface area contributed by atoms with E-state index in [0.717, 1.165) is 18.4 Å². The van der Waals surface area contributed by atoms with Crippen LogP contribution in [0.2, 0.25) is 0 Å². The van der Waals surface area contributed by atoms with Gasteiger partial charge in [0, 0.05) is 12.6 Å². The Morgan fingerprint density at radius 3 is 2.84 bits per heavy atom. The van der Waals surface area contributed by atoms with Gasteiger partial charge < -0.3 is 10.1 Å². The predicted molar refractivity (Wildman–Crippen MR) is 94.1 cm³/mol. The number of halogens is 1. The molecule has 0 radical (unpaired) electrons. The fourth-order valence-corrected chi connectivity index (χ4v) is 3.42. The first-order valence-electron chi connectivity index (χ1n) is 8.01. The van der Waals surface area contributed by atoms with E-state index in [-0.39, 0.29) is 18.3 Å². The molecule has 0 saturated heterocycles. The minimum absolute atomic E-state index is 0.192. The van der Waals surface area contributed by atoms with Crippen molar-refractivity contribution in [3.8, 4) is 0 Å². The molecule has 132 valence electrons. The molecule has 1 amide bonds. The highest BCUT2D eigenvalue weighted by atomic mass is 32.1. The van der Waals surface area contributed by atoms with Crippen LogP contribution in [0.5, 0.6) is 0 Å². The number of ether oxygens (including phenoxy) is 1. The van der Waals surface area contributed by atoms with Crippen molar-refractivity contribution in [2.45, 2.75) is 25.4 Å². The van der Waals surface area contributed by atoms with Gasteiger partial charge in [0.1, 0.15) is 10.7 Å². The van der Waals surface area contributed by atoms with Gasteiger partial charge in [-0.25, -0.2) is 9.18 Å². The second kappa shape index (κ2) is 7.76. The number of nitrogens with one attached hydrogen (secondary N) is 1. The summed E-state index contributed by atoms with van der Waals surface area (Å²) in [7, 11) is 1.31. The molecule has 1 fully saturated rings. The Balaban J connectivity index is 1.64. The molecular weight excluding hydrogens is 343 g/mol. The van der Waals surface area contributed by atoms with E-state index in [1.54, 1.807) is 17.5 Å². The van der Waals surface area contributed by atoms with Crippen LogP contribution in [0.15, 0.2) is 35.7 Å². The molecule has 1 aromatic carbocycles. The Labute approximate surface area is 149 Å². The summed E-state index contributed by atoms with van der Waals surface area (Å²) in [4.78, 5) is 26.5. The summed E-state index contributed by atoms with van der Waals surface area (Å²) in [5.74, 6) is -0.949. The predicted octanol–water partition coefficient (Wildman–Crippen LogP) is 3.28. The van der Waals surface area contributed by atoms with Crippen LogP contribution in [0.1, 0.15) is 28.1 Å². The molecule has 3 rings (SSSR count). The van der Waals surface area contributed by atoms with Gasteiger partial charge in [0.2, 0.25) is 5.91 Å². The number of hydrogen-bond donors (Lipinski definition) is 1. The molecule has 0 unspecified atom stereocenters. The van der Waals surface area contributed by atoms with Crippen LogP contribution in [0, 0.1) is 5.82 Å². The van der Waals surface area contributed by atoms with E-state index in [9.17, 15) is 14.0 Å². The van der Waals surface area contributed by atoms with Crippen molar-refractivity contribution in [2.75, 3.05) is 19.0 Å². The first kappa shape index (κ1) is 17.6. The van der Waals surface area contributed by atoms with Crippen LogP contribution in [0.25, 0.3) is 0 Å². The molecule has 1 saturated carbocycles. The minimum Gasteiger partial charge on any atom is -0.465 e. The topological polar surface area (TPSA) is 58.6 Å². The van der Waals surface area contributed by atoms with E-state index in [0.29, 0.717) is 23.2 Å².